The SMILES string of the molecule is CN(C)c1cncc(-c2cc3c(-c4cc5c(-c6cccc(F)c6)cncc5[nH]4)n[nH]c3cn2)c1. The summed E-state index contributed by atoms with van der Waals surface area (Å²) < 4.78 is 13.8. The average molecular weight is 449 g/mol. The number of rotatable bonds is 4. The van der Waals surface area contributed by atoms with Crippen molar-refractivity contribution >= 4 is 27.5 Å². The molecule has 0 aliphatic rings. The highest BCUT2D eigenvalue weighted by Gasteiger charge is 2.15. The van der Waals surface area contributed by atoms with Crippen molar-refractivity contribution < 1.29 is 4.39 Å². The molecule has 0 aliphatic carbocycles. The number of hydrogen-bond acceptors (Lipinski definition) is 5. The third-order valence-electron chi connectivity index (χ3n) is 5.92. The highest BCUT2D eigenvalue weighted by Crippen LogP contribution is 2.34. The lowest BCUT2D eigenvalue weighted by molar-refractivity contribution is 0.628. The van der Waals surface area contributed by atoms with E-state index in [2.05, 4.69) is 36.2 Å². The van der Waals surface area contributed by atoms with Crippen LogP contribution in [0.15, 0.2) is 73.4 Å². The number of benzene rings is 1. The van der Waals surface area contributed by atoms with Crippen molar-refractivity contribution in [2.75, 3.05) is 19.0 Å². The second-order valence-electron chi connectivity index (χ2n) is 8.36. The minimum atomic E-state index is -0.281. The number of nitrogens with zero attached hydrogens (tertiary/aromatic N) is 5. The maximum Gasteiger partial charge on any atom is 0.123 e. The lowest BCUT2D eigenvalue weighted by Crippen LogP contribution is -2.08. The molecule has 166 valence electrons. The fourth-order valence-electron chi connectivity index (χ4n) is 4.16. The third-order valence-corrected chi connectivity index (χ3v) is 5.92. The Kier molecular flexibility index (Phi) is 4.58. The van der Waals surface area contributed by atoms with Crippen LogP contribution in [0.3, 0.4) is 0 Å². The Labute approximate surface area is 194 Å². The Morgan fingerprint density at radius 2 is 1.71 bits per heavy atom. The summed E-state index contributed by atoms with van der Waals surface area (Å²) in [4.78, 5) is 18.7. The van der Waals surface area contributed by atoms with E-state index in [1.807, 2.05) is 43.4 Å². The molecule has 5 heterocycles. The van der Waals surface area contributed by atoms with Gasteiger partial charge in [-0.15, -0.1) is 0 Å². The van der Waals surface area contributed by atoms with Gasteiger partial charge in [-0.2, -0.15) is 5.10 Å². The van der Waals surface area contributed by atoms with E-state index in [1.165, 1.54) is 12.1 Å². The van der Waals surface area contributed by atoms with Crippen LogP contribution in [0.5, 0.6) is 0 Å². The quantitative estimate of drug-likeness (QED) is 0.375. The van der Waals surface area contributed by atoms with Gasteiger partial charge in [-0.05, 0) is 35.9 Å². The molecule has 6 rings (SSSR count). The number of aromatic nitrogens is 6. The number of hydrogen-bond donors (Lipinski definition) is 2. The normalized spacial score (nSPS) is 11.4. The van der Waals surface area contributed by atoms with Gasteiger partial charge in [0.2, 0.25) is 0 Å². The van der Waals surface area contributed by atoms with Crippen molar-refractivity contribution in [2.24, 2.45) is 0 Å². The number of nitrogens with one attached hydrogen (secondary N) is 2. The van der Waals surface area contributed by atoms with Crippen LogP contribution in [0, 0.1) is 5.82 Å². The number of halogens is 1. The van der Waals surface area contributed by atoms with Crippen LogP contribution in [-0.4, -0.2) is 44.2 Å². The van der Waals surface area contributed by atoms with E-state index in [1.54, 1.807) is 30.9 Å². The number of aromatic amines is 2. The topological polar surface area (TPSA) is 86.4 Å². The molecule has 0 saturated carbocycles. The van der Waals surface area contributed by atoms with Crippen molar-refractivity contribution in [2.45, 2.75) is 0 Å². The molecule has 0 unspecified atom stereocenters. The van der Waals surface area contributed by atoms with E-state index in [-0.39, 0.29) is 5.82 Å². The molecule has 0 radical (unpaired) electrons. The summed E-state index contributed by atoms with van der Waals surface area (Å²) in [6.45, 7) is 0. The zero-order valence-corrected chi connectivity index (χ0v) is 18.5. The smallest absolute Gasteiger partial charge is 0.123 e. The summed E-state index contributed by atoms with van der Waals surface area (Å²) >= 11 is 0. The molecule has 7 nitrogen and oxygen atoms in total. The zero-order chi connectivity index (χ0) is 23.2. The highest BCUT2D eigenvalue weighted by atomic mass is 19.1. The lowest BCUT2D eigenvalue weighted by Gasteiger charge is -2.12. The molecule has 0 saturated heterocycles. The molecular weight excluding hydrogens is 429 g/mol. The van der Waals surface area contributed by atoms with Gasteiger partial charge >= 0.3 is 0 Å². The summed E-state index contributed by atoms with van der Waals surface area (Å²) in [5, 5.41) is 9.51. The predicted molar refractivity (Wildman–Crippen MR) is 132 cm³/mol. The van der Waals surface area contributed by atoms with E-state index < -0.39 is 0 Å². The van der Waals surface area contributed by atoms with Crippen LogP contribution >= 0.6 is 0 Å². The van der Waals surface area contributed by atoms with Crippen molar-refractivity contribution in [1.29, 1.82) is 0 Å². The Bertz CT molecular complexity index is 1670. The van der Waals surface area contributed by atoms with Crippen LogP contribution in [0.4, 0.5) is 10.1 Å². The number of H-pyrrole nitrogens is 2. The van der Waals surface area contributed by atoms with Gasteiger partial charge in [0.25, 0.3) is 0 Å². The number of fused-ring (bicyclic) bond motifs is 2. The number of pyridine rings is 3. The largest absolute Gasteiger partial charge is 0.376 e. The summed E-state index contributed by atoms with van der Waals surface area (Å²) in [7, 11) is 3.96. The Morgan fingerprint density at radius 3 is 2.56 bits per heavy atom. The van der Waals surface area contributed by atoms with E-state index in [4.69, 9.17) is 0 Å². The Morgan fingerprint density at radius 1 is 0.824 bits per heavy atom. The molecule has 0 amide bonds. The standard InChI is InChI=1S/C26H20FN7/c1-34(2)18-7-16(10-28-11-18)22-9-20-25(14-30-22)32-33-26(20)23-8-19-21(12-29-13-24(19)31-23)15-4-3-5-17(27)6-15/h3-14,31H,1-2H3,(H,32,33). The molecular formula is C26H20FN7. The molecule has 8 heteroatoms. The molecule has 1 aromatic carbocycles. The zero-order valence-electron chi connectivity index (χ0n) is 18.5. The van der Waals surface area contributed by atoms with E-state index in [9.17, 15) is 4.39 Å². The molecule has 0 fully saturated rings. The first-order valence-corrected chi connectivity index (χ1v) is 10.8. The fraction of sp³-hybridized carbons (Fsp3) is 0.0769. The van der Waals surface area contributed by atoms with Gasteiger partial charge in [0.05, 0.1) is 46.7 Å². The van der Waals surface area contributed by atoms with E-state index in [0.29, 0.717) is 0 Å². The van der Waals surface area contributed by atoms with Gasteiger partial charge < -0.3 is 9.88 Å². The van der Waals surface area contributed by atoms with Gasteiger partial charge in [-0.3, -0.25) is 20.1 Å². The maximum atomic E-state index is 13.8. The van der Waals surface area contributed by atoms with Gasteiger partial charge in [0, 0.05) is 48.4 Å². The Balaban J connectivity index is 1.48. The van der Waals surface area contributed by atoms with Crippen molar-refractivity contribution in [3.05, 3.63) is 79.3 Å². The molecule has 34 heavy (non-hydrogen) atoms. The second kappa shape index (κ2) is 7.77. The van der Waals surface area contributed by atoms with Gasteiger partial charge in [-0.1, -0.05) is 12.1 Å². The van der Waals surface area contributed by atoms with Crippen LogP contribution in [-0.2, 0) is 0 Å². The monoisotopic (exact) mass is 449 g/mol. The molecule has 0 spiro atoms. The van der Waals surface area contributed by atoms with Gasteiger partial charge in [0.1, 0.15) is 11.5 Å². The molecule has 0 bridgehead atoms. The summed E-state index contributed by atoms with van der Waals surface area (Å²) in [6.07, 6.45) is 8.93. The van der Waals surface area contributed by atoms with Crippen LogP contribution in [0.2, 0.25) is 0 Å². The summed E-state index contributed by atoms with van der Waals surface area (Å²) in [5.41, 5.74) is 7.66. The molecule has 0 aliphatic heterocycles. The Hall–Kier alpha value is -4.59. The lowest BCUT2D eigenvalue weighted by atomic mass is 10.0. The second-order valence-corrected chi connectivity index (χ2v) is 8.36. The van der Waals surface area contributed by atoms with Gasteiger partial charge in [-0.25, -0.2) is 4.39 Å². The molecule has 0 atom stereocenters. The highest BCUT2D eigenvalue weighted by molar-refractivity contribution is 6.01. The summed E-state index contributed by atoms with van der Waals surface area (Å²) in [6, 6.07) is 12.6. The maximum absolute atomic E-state index is 13.8. The first kappa shape index (κ1) is 20.0. The molecule has 5 aromatic heterocycles. The predicted octanol–water partition coefficient (Wildman–Crippen LogP) is 5.44. The van der Waals surface area contributed by atoms with Crippen LogP contribution < -0.4 is 4.90 Å². The minimum Gasteiger partial charge on any atom is -0.376 e. The first-order chi connectivity index (χ1) is 16.6. The third kappa shape index (κ3) is 3.36. The van der Waals surface area contributed by atoms with Crippen LogP contribution in [0.25, 0.3) is 55.6 Å². The average Bonchev–Trinajstić information content (AvgIpc) is 3.47. The first-order valence-electron chi connectivity index (χ1n) is 10.8. The number of anilines is 1. The summed E-state index contributed by atoms with van der Waals surface area (Å²) in [5.74, 6) is -0.281. The van der Waals surface area contributed by atoms with Gasteiger partial charge in [0.15, 0.2) is 0 Å². The van der Waals surface area contributed by atoms with E-state index in [0.717, 1.165) is 61.3 Å². The van der Waals surface area contributed by atoms with E-state index >= 15 is 0 Å². The molecule has 2 N–H and O–H groups in total. The van der Waals surface area contributed by atoms with Crippen molar-refractivity contribution in [3.63, 3.8) is 0 Å². The van der Waals surface area contributed by atoms with Crippen LogP contribution in [0.1, 0.15) is 0 Å². The fourth-order valence-corrected chi connectivity index (χ4v) is 4.16. The molecule has 6 aromatic rings. The minimum absolute atomic E-state index is 0.281. The van der Waals surface area contributed by atoms with Crippen molar-refractivity contribution in [1.82, 2.24) is 30.1 Å². The van der Waals surface area contributed by atoms with Crippen molar-refractivity contribution in [3.8, 4) is 33.8 Å².